The van der Waals surface area contributed by atoms with E-state index in [9.17, 15) is 5.11 Å². The summed E-state index contributed by atoms with van der Waals surface area (Å²) in [5.74, 6) is -0.785. The predicted molar refractivity (Wildman–Crippen MR) is 76.1 cm³/mol. The summed E-state index contributed by atoms with van der Waals surface area (Å²) in [4.78, 5) is 0. The van der Waals surface area contributed by atoms with Crippen molar-refractivity contribution in [2.24, 2.45) is 5.92 Å². The van der Waals surface area contributed by atoms with Crippen LogP contribution in [0.4, 0.5) is 0 Å². The third-order valence-electron chi connectivity index (χ3n) is 3.81. The first-order valence-electron chi connectivity index (χ1n) is 7.14. The van der Waals surface area contributed by atoms with Crippen molar-refractivity contribution in [3.8, 4) is 0 Å². The molecule has 0 unspecified atom stereocenters. The molecule has 20 heavy (non-hydrogen) atoms. The zero-order valence-electron chi connectivity index (χ0n) is 12.3. The molecule has 0 spiro atoms. The minimum atomic E-state index is -0.668. The van der Waals surface area contributed by atoms with Gasteiger partial charge in [-0.25, -0.2) is 0 Å². The zero-order valence-corrected chi connectivity index (χ0v) is 12.3. The number of ether oxygens (including phenoxy) is 2. The fraction of sp³-hybridized carbons (Fsp3) is 0.625. The molecule has 1 aliphatic rings. The quantitative estimate of drug-likeness (QED) is 0.868. The smallest absolute Gasteiger partial charge is 0.164 e. The largest absolute Gasteiger partial charge is 0.396 e. The number of aliphatic hydroxyl groups is 2. The van der Waals surface area contributed by atoms with Crippen LogP contribution in [-0.2, 0) is 9.47 Å². The van der Waals surface area contributed by atoms with Gasteiger partial charge in [0.2, 0.25) is 0 Å². The van der Waals surface area contributed by atoms with Gasteiger partial charge >= 0.3 is 0 Å². The van der Waals surface area contributed by atoms with Gasteiger partial charge in [-0.05, 0) is 25.8 Å². The molecule has 2 N–H and O–H groups in total. The van der Waals surface area contributed by atoms with Gasteiger partial charge in [0.15, 0.2) is 5.79 Å². The molecule has 1 aliphatic heterocycles. The maximum absolute atomic E-state index is 10.1. The maximum Gasteiger partial charge on any atom is 0.164 e. The molecule has 0 saturated carbocycles. The highest BCUT2D eigenvalue weighted by molar-refractivity contribution is 5.20. The summed E-state index contributed by atoms with van der Waals surface area (Å²) in [6.45, 7) is 5.67. The molecule has 112 valence electrons. The highest BCUT2D eigenvalue weighted by atomic mass is 16.8. The molecule has 0 aliphatic carbocycles. The van der Waals surface area contributed by atoms with Crippen LogP contribution in [0.15, 0.2) is 30.3 Å². The minimum Gasteiger partial charge on any atom is -0.396 e. The van der Waals surface area contributed by atoms with Gasteiger partial charge in [0.1, 0.15) is 6.10 Å². The van der Waals surface area contributed by atoms with Crippen LogP contribution in [0.3, 0.4) is 0 Å². The lowest BCUT2D eigenvalue weighted by atomic mass is 9.89. The summed E-state index contributed by atoms with van der Waals surface area (Å²) in [6.07, 6.45) is -0.680. The van der Waals surface area contributed by atoms with Crippen molar-refractivity contribution >= 4 is 0 Å². The average molecular weight is 280 g/mol. The molecular formula is C16H24O4. The van der Waals surface area contributed by atoms with Crippen molar-refractivity contribution < 1.29 is 19.7 Å². The van der Waals surface area contributed by atoms with Crippen molar-refractivity contribution in [1.82, 2.24) is 0 Å². The number of benzene rings is 1. The van der Waals surface area contributed by atoms with E-state index in [2.05, 4.69) is 0 Å². The Balaban J connectivity index is 2.20. The molecule has 4 atom stereocenters. The molecule has 1 aromatic rings. The summed E-state index contributed by atoms with van der Waals surface area (Å²) in [5, 5.41) is 19.1. The fourth-order valence-electron chi connectivity index (χ4n) is 2.69. The van der Waals surface area contributed by atoms with Gasteiger partial charge < -0.3 is 19.7 Å². The molecule has 1 saturated heterocycles. The molecule has 0 aromatic heterocycles. The molecule has 1 heterocycles. The standard InChI is InChI=1S/C16H24O4/c1-11(13(18)9-10-17)14-15(20-16(2,3)19-14)12-7-5-4-6-8-12/h4-8,11,13-15,17-18H,9-10H2,1-3H3/t11-,13+,14-,15-/m1/s1. The van der Waals surface area contributed by atoms with Crippen LogP contribution in [-0.4, -0.2) is 34.8 Å². The van der Waals surface area contributed by atoms with Crippen LogP contribution in [0.5, 0.6) is 0 Å². The van der Waals surface area contributed by atoms with Crippen LogP contribution >= 0.6 is 0 Å². The zero-order chi connectivity index (χ0) is 14.8. The van der Waals surface area contributed by atoms with Crippen molar-refractivity contribution in [1.29, 1.82) is 0 Å². The third kappa shape index (κ3) is 3.38. The second kappa shape index (κ2) is 6.22. The van der Waals surface area contributed by atoms with Crippen LogP contribution in [0.1, 0.15) is 38.9 Å². The van der Waals surface area contributed by atoms with E-state index in [1.54, 1.807) is 0 Å². The number of rotatable bonds is 5. The Morgan fingerprint density at radius 3 is 2.45 bits per heavy atom. The molecule has 0 bridgehead atoms. The van der Waals surface area contributed by atoms with Crippen LogP contribution in [0, 0.1) is 5.92 Å². The van der Waals surface area contributed by atoms with Crippen molar-refractivity contribution in [3.05, 3.63) is 35.9 Å². The fourth-order valence-corrected chi connectivity index (χ4v) is 2.69. The van der Waals surface area contributed by atoms with Crippen LogP contribution in [0.25, 0.3) is 0 Å². The second-order valence-electron chi connectivity index (χ2n) is 5.87. The van der Waals surface area contributed by atoms with Crippen molar-refractivity contribution in [2.45, 2.75) is 51.3 Å². The van der Waals surface area contributed by atoms with Gasteiger partial charge in [0, 0.05) is 12.5 Å². The van der Waals surface area contributed by atoms with E-state index in [-0.39, 0.29) is 24.7 Å². The first kappa shape index (κ1) is 15.4. The lowest BCUT2D eigenvalue weighted by Gasteiger charge is -2.27. The van der Waals surface area contributed by atoms with E-state index >= 15 is 0 Å². The van der Waals surface area contributed by atoms with E-state index in [0.717, 1.165) is 5.56 Å². The van der Waals surface area contributed by atoms with E-state index < -0.39 is 11.9 Å². The molecule has 1 fully saturated rings. The lowest BCUT2D eigenvalue weighted by Crippen LogP contribution is -2.34. The van der Waals surface area contributed by atoms with Crippen LogP contribution < -0.4 is 0 Å². The lowest BCUT2D eigenvalue weighted by molar-refractivity contribution is -0.154. The molecule has 1 aromatic carbocycles. The molecule has 2 rings (SSSR count). The first-order chi connectivity index (χ1) is 9.44. The van der Waals surface area contributed by atoms with E-state index in [4.69, 9.17) is 14.6 Å². The van der Waals surface area contributed by atoms with Crippen molar-refractivity contribution in [2.75, 3.05) is 6.61 Å². The summed E-state index contributed by atoms with van der Waals surface area (Å²) < 4.78 is 12.0. The van der Waals surface area contributed by atoms with Gasteiger partial charge in [-0.15, -0.1) is 0 Å². The number of hydrogen-bond acceptors (Lipinski definition) is 4. The normalized spacial score (nSPS) is 28.2. The predicted octanol–water partition coefficient (Wildman–Crippen LogP) is 2.26. The molecule has 4 nitrogen and oxygen atoms in total. The Labute approximate surface area is 120 Å². The van der Waals surface area contributed by atoms with Crippen LogP contribution in [0.2, 0.25) is 0 Å². The van der Waals surface area contributed by atoms with E-state index in [1.165, 1.54) is 0 Å². The van der Waals surface area contributed by atoms with Gasteiger partial charge in [-0.1, -0.05) is 37.3 Å². The van der Waals surface area contributed by atoms with Gasteiger partial charge in [0.05, 0.1) is 12.2 Å². The summed E-state index contributed by atoms with van der Waals surface area (Å²) in [7, 11) is 0. The molecule has 0 amide bonds. The highest BCUT2D eigenvalue weighted by Gasteiger charge is 2.45. The SMILES string of the molecule is C[C@@H]([C@H]1OC(C)(C)O[C@@H]1c1ccccc1)[C@@H](O)CCO. The van der Waals surface area contributed by atoms with Gasteiger partial charge in [-0.3, -0.25) is 0 Å². The summed E-state index contributed by atoms with van der Waals surface area (Å²) >= 11 is 0. The summed E-state index contributed by atoms with van der Waals surface area (Å²) in [6, 6.07) is 9.91. The van der Waals surface area contributed by atoms with Gasteiger partial charge in [-0.2, -0.15) is 0 Å². The Morgan fingerprint density at radius 2 is 1.85 bits per heavy atom. The topological polar surface area (TPSA) is 58.9 Å². The van der Waals surface area contributed by atoms with E-state index in [0.29, 0.717) is 6.42 Å². The summed E-state index contributed by atoms with van der Waals surface area (Å²) in [5.41, 5.74) is 1.05. The molecule has 0 radical (unpaired) electrons. The van der Waals surface area contributed by atoms with E-state index in [1.807, 2.05) is 51.1 Å². The Kier molecular flexibility index (Phi) is 4.81. The van der Waals surface area contributed by atoms with Gasteiger partial charge in [0.25, 0.3) is 0 Å². The monoisotopic (exact) mass is 280 g/mol. The second-order valence-corrected chi connectivity index (χ2v) is 5.87. The minimum absolute atomic E-state index is 0.0293. The first-order valence-corrected chi connectivity index (χ1v) is 7.14. The highest BCUT2D eigenvalue weighted by Crippen LogP contribution is 2.42. The van der Waals surface area contributed by atoms with Crippen molar-refractivity contribution in [3.63, 3.8) is 0 Å². The average Bonchev–Trinajstić information content (AvgIpc) is 2.75. The Bertz CT molecular complexity index is 418. The Hall–Kier alpha value is -0.940. The maximum atomic E-state index is 10.1. The number of aliphatic hydroxyl groups excluding tert-OH is 2. The third-order valence-corrected chi connectivity index (χ3v) is 3.81. The Morgan fingerprint density at radius 1 is 1.20 bits per heavy atom. The number of hydrogen-bond donors (Lipinski definition) is 2. The molecule has 4 heteroatoms. The molecular weight excluding hydrogens is 256 g/mol.